The molecule has 1 N–H and O–H groups in total. The van der Waals surface area contributed by atoms with E-state index in [1.165, 1.54) is 12.1 Å². The van der Waals surface area contributed by atoms with E-state index in [2.05, 4.69) is 0 Å². The first-order chi connectivity index (χ1) is 8.28. The molecule has 0 aliphatic heterocycles. The molecule has 102 valence electrons. The first kappa shape index (κ1) is 15.1. The summed E-state index contributed by atoms with van der Waals surface area (Å²) in [5, 5.41) is 9.93. The van der Waals surface area contributed by atoms with Gasteiger partial charge in [0.05, 0.1) is 17.3 Å². The van der Waals surface area contributed by atoms with Gasteiger partial charge in [0, 0.05) is 7.11 Å². The SMILES string of the molecule is COC(C)(C)CCC(O)c1c(F)ccc(C)c1F. The van der Waals surface area contributed by atoms with E-state index >= 15 is 0 Å². The number of benzene rings is 1. The summed E-state index contributed by atoms with van der Waals surface area (Å²) in [7, 11) is 1.57. The first-order valence-corrected chi connectivity index (χ1v) is 5.96. The van der Waals surface area contributed by atoms with E-state index in [9.17, 15) is 13.9 Å². The summed E-state index contributed by atoms with van der Waals surface area (Å²) in [5.41, 5.74) is -0.337. The zero-order chi connectivity index (χ0) is 13.9. The molecule has 0 fully saturated rings. The number of aliphatic hydroxyl groups is 1. The largest absolute Gasteiger partial charge is 0.388 e. The van der Waals surface area contributed by atoms with E-state index < -0.39 is 23.3 Å². The molecular weight excluding hydrogens is 238 g/mol. The lowest BCUT2D eigenvalue weighted by atomic mass is 9.95. The van der Waals surface area contributed by atoms with E-state index in [0.717, 1.165) is 0 Å². The van der Waals surface area contributed by atoms with E-state index in [-0.39, 0.29) is 12.0 Å². The third kappa shape index (κ3) is 3.50. The number of hydrogen-bond donors (Lipinski definition) is 1. The summed E-state index contributed by atoms with van der Waals surface area (Å²) in [4.78, 5) is 0. The molecule has 1 rings (SSSR count). The fraction of sp³-hybridized carbons (Fsp3) is 0.571. The predicted octanol–water partition coefficient (Wildman–Crippen LogP) is 3.51. The number of methoxy groups -OCH3 is 1. The summed E-state index contributed by atoms with van der Waals surface area (Å²) in [6.07, 6.45) is -0.394. The van der Waals surface area contributed by atoms with Gasteiger partial charge < -0.3 is 9.84 Å². The zero-order valence-corrected chi connectivity index (χ0v) is 11.3. The molecular formula is C14H20F2O2. The van der Waals surface area contributed by atoms with Gasteiger partial charge in [-0.15, -0.1) is 0 Å². The molecule has 0 aliphatic carbocycles. The molecule has 0 spiro atoms. The lowest BCUT2D eigenvalue weighted by Crippen LogP contribution is -2.23. The number of halogens is 2. The van der Waals surface area contributed by atoms with Crippen LogP contribution in [0.3, 0.4) is 0 Å². The molecule has 0 radical (unpaired) electrons. The van der Waals surface area contributed by atoms with E-state index in [0.29, 0.717) is 12.0 Å². The molecule has 0 amide bonds. The van der Waals surface area contributed by atoms with Crippen LogP contribution in [0.4, 0.5) is 8.78 Å². The summed E-state index contributed by atoms with van der Waals surface area (Å²) >= 11 is 0. The highest BCUT2D eigenvalue weighted by molar-refractivity contribution is 5.28. The summed E-state index contributed by atoms with van der Waals surface area (Å²) in [6, 6.07) is 2.54. The third-order valence-electron chi connectivity index (χ3n) is 3.23. The second kappa shape index (κ2) is 5.76. The van der Waals surface area contributed by atoms with Crippen molar-refractivity contribution in [3.63, 3.8) is 0 Å². The summed E-state index contributed by atoms with van der Waals surface area (Å²) in [6.45, 7) is 5.27. The van der Waals surface area contributed by atoms with Gasteiger partial charge in [-0.3, -0.25) is 0 Å². The fourth-order valence-corrected chi connectivity index (χ4v) is 1.71. The fourth-order valence-electron chi connectivity index (χ4n) is 1.71. The van der Waals surface area contributed by atoms with Crippen molar-refractivity contribution in [2.45, 2.75) is 45.3 Å². The highest BCUT2D eigenvalue weighted by Gasteiger charge is 2.23. The Bertz CT molecular complexity index is 417. The van der Waals surface area contributed by atoms with Crippen molar-refractivity contribution in [1.29, 1.82) is 0 Å². The third-order valence-corrected chi connectivity index (χ3v) is 3.23. The van der Waals surface area contributed by atoms with Gasteiger partial charge in [-0.1, -0.05) is 6.07 Å². The average Bonchev–Trinajstić information content (AvgIpc) is 2.32. The molecule has 0 heterocycles. The Morgan fingerprint density at radius 1 is 1.33 bits per heavy atom. The Balaban J connectivity index is 2.85. The minimum Gasteiger partial charge on any atom is -0.388 e. The standard InChI is InChI=1S/C14H20F2O2/c1-9-5-6-10(15)12(13(9)16)11(17)7-8-14(2,3)18-4/h5-6,11,17H,7-8H2,1-4H3. The van der Waals surface area contributed by atoms with Gasteiger partial charge in [0.25, 0.3) is 0 Å². The molecule has 4 heteroatoms. The number of aryl methyl sites for hydroxylation is 1. The van der Waals surface area contributed by atoms with Gasteiger partial charge in [-0.25, -0.2) is 8.78 Å². The van der Waals surface area contributed by atoms with Crippen molar-refractivity contribution in [3.05, 3.63) is 34.9 Å². The highest BCUT2D eigenvalue weighted by Crippen LogP contribution is 2.29. The molecule has 1 atom stereocenters. The van der Waals surface area contributed by atoms with Crippen molar-refractivity contribution >= 4 is 0 Å². The van der Waals surface area contributed by atoms with Crippen LogP contribution in [0.5, 0.6) is 0 Å². The maximum absolute atomic E-state index is 13.8. The number of aliphatic hydroxyl groups excluding tert-OH is 1. The van der Waals surface area contributed by atoms with Gasteiger partial charge in [0.1, 0.15) is 11.6 Å². The van der Waals surface area contributed by atoms with Gasteiger partial charge in [-0.05, 0) is 45.2 Å². The molecule has 0 saturated heterocycles. The Kier molecular flexibility index (Phi) is 4.82. The molecule has 0 saturated carbocycles. The van der Waals surface area contributed by atoms with Crippen LogP contribution in [0.15, 0.2) is 12.1 Å². The lowest BCUT2D eigenvalue weighted by Gasteiger charge is -2.24. The van der Waals surface area contributed by atoms with Gasteiger partial charge in [0.2, 0.25) is 0 Å². The van der Waals surface area contributed by atoms with Crippen LogP contribution < -0.4 is 0 Å². The maximum Gasteiger partial charge on any atom is 0.134 e. The van der Waals surface area contributed by atoms with Crippen molar-refractivity contribution in [1.82, 2.24) is 0 Å². The molecule has 0 bridgehead atoms. The molecule has 2 nitrogen and oxygen atoms in total. The second-order valence-electron chi connectivity index (χ2n) is 5.11. The summed E-state index contributed by atoms with van der Waals surface area (Å²) in [5.74, 6) is -1.38. The first-order valence-electron chi connectivity index (χ1n) is 5.96. The lowest BCUT2D eigenvalue weighted by molar-refractivity contribution is 0.00212. The number of hydrogen-bond acceptors (Lipinski definition) is 2. The minimum absolute atomic E-state index is 0.248. The normalized spacial score (nSPS) is 13.7. The summed E-state index contributed by atoms with van der Waals surface area (Å²) < 4.78 is 32.5. The number of rotatable bonds is 5. The molecule has 1 aromatic rings. The van der Waals surface area contributed by atoms with Gasteiger partial charge in [0.15, 0.2) is 0 Å². The van der Waals surface area contributed by atoms with Gasteiger partial charge >= 0.3 is 0 Å². The smallest absolute Gasteiger partial charge is 0.134 e. The molecule has 0 aliphatic rings. The Morgan fingerprint density at radius 2 is 1.94 bits per heavy atom. The van der Waals surface area contributed by atoms with Crippen molar-refractivity contribution < 1.29 is 18.6 Å². The number of ether oxygens (including phenoxy) is 1. The van der Waals surface area contributed by atoms with Crippen molar-refractivity contribution in [2.75, 3.05) is 7.11 Å². The van der Waals surface area contributed by atoms with Crippen LogP contribution in [-0.4, -0.2) is 17.8 Å². The minimum atomic E-state index is -1.15. The monoisotopic (exact) mass is 258 g/mol. The average molecular weight is 258 g/mol. The Labute approximate surface area is 107 Å². The van der Waals surface area contributed by atoms with E-state index in [4.69, 9.17) is 4.74 Å². The molecule has 0 aromatic heterocycles. The Hall–Kier alpha value is -1.00. The molecule has 18 heavy (non-hydrogen) atoms. The molecule has 1 unspecified atom stereocenters. The second-order valence-corrected chi connectivity index (χ2v) is 5.11. The zero-order valence-electron chi connectivity index (χ0n) is 11.3. The van der Waals surface area contributed by atoms with Crippen LogP contribution >= 0.6 is 0 Å². The van der Waals surface area contributed by atoms with Crippen LogP contribution in [0.2, 0.25) is 0 Å². The van der Waals surface area contributed by atoms with E-state index in [1.807, 2.05) is 13.8 Å². The van der Waals surface area contributed by atoms with Crippen LogP contribution in [0, 0.1) is 18.6 Å². The highest BCUT2D eigenvalue weighted by atomic mass is 19.1. The quantitative estimate of drug-likeness (QED) is 0.875. The van der Waals surface area contributed by atoms with Gasteiger partial charge in [-0.2, -0.15) is 0 Å². The van der Waals surface area contributed by atoms with Crippen LogP contribution in [-0.2, 0) is 4.74 Å². The topological polar surface area (TPSA) is 29.5 Å². The van der Waals surface area contributed by atoms with Crippen molar-refractivity contribution in [2.24, 2.45) is 0 Å². The Morgan fingerprint density at radius 3 is 2.50 bits per heavy atom. The van der Waals surface area contributed by atoms with Crippen LogP contribution in [0.1, 0.15) is 43.9 Å². The van der Waals surface area contributed by atoms with Crippen molar-refractivity contribution in [3.8, 4) is 0 Å². The van der Waals surface area contributed by atoms with Crippen LogP contribution in [0.25, 0.3) is 0 Å². The maximum atomic E-state index is 13.8. The molecule has 1 aromatic carbocycles. The van der Waals surface area contributed by atoms with E-state index in [1.54, 1.807) is 14.0 Å². The predicted molar refractivity (Wildman–Crippen MR) is 66.4 cm³/mol.